The second-order valence-electron chi connectivity index (χ2n) is 6.52. The number of nitrogens with one attached hydrogen (secondary N) is 2. The Kier molecular flexibility index (Phi) is 6.80. The molecular formula is C21H23N3O5. The molecule has 0 bridgehead atoms. The Morgan fingerprint density at radius 3 is 2.62 bits per heavy atom. The molecule has 0 unspecified atom stereocenters. The van der Waals surface area contributed by atoms with E-state index in [-0.39, 0.29) is 24.8 Å². The van der Waals surface area contributed by atoms with Crippen LogP contribution < -0.4 is 15.4 Å². The van der Waals surface area contributed by atoms with Gasteiger partial charge in [-0.1, -0.05) is 30.3 Å². The summed E-state index contributed by atoms with van der Waals surface area (Å²) in [5.41, 5.74) is 0.521. The molecule has 0 aliphatic carbocycles. The minimum atomic E-state index is -0.738. The quantitative estimate of drug-likeness (QED) is 0.692. The number of hydrogen-bond acceptors (Lipinski definition) is 6. The highest BCUT2D eigenvalue weighted by atomic mass is 16.5. The fourth-order valence-corrected chi connectivity index (χ4v) is 3.06. The molecule has 152 valence electrons. The van der Waals surface area contributed by atoms with Crippen LogP contribution in [-0.4, -0.2) is 55.5 Å². The zero-order valence-electron chi connectivity index (χ0n) is 16.1. The number of para-hydroxylation sites is 3. The normalized spacial score (nSPS) is 16.6. The van der Waals surface area contributed by atoms with Crippen LogP contribution in [-0.2, 0) is 19.1 Å². The highest BCUT2D eigenvalue weighted by molar-refractivity contribution is 5.95. The molecule has 2 N–H and O–H groups in total. The second kappa shape index (κ2) is 9.70. The van der Waals surface area contributed by atoms with Gasteiger partial charge in [-0.25, -0.2) is 0 Å². The molecule has 8 heteroatoms. The van der Waals surface area contributed by atoms with Gasteiger partial charge < -0.3 is 20.1 Å². The van der Waals surface area contributed by atoms with E-state index in [2.05, 4.69) is 15.4 Å². The van der Waals surface area contributed by atoms with E-state index < -0.39 is 12.0 Å². The molecule has 1 heterocycles. The maximum Gasteiger partial charge on any atom is 0.307 e. The Morgan fingerprint density at radius 2 is 1.86 bits per heavy atom. The van der Waals surface area contributed by atoms with Crippen molar-refractivity contribution in [3.8, 4) is 11.5 Å². The molecule has 29 heavy (non-hydrogen) atoms. The highest BCUT2D eigenvalue weighted by Gasteiger charge is 2.33. The van der Waals surface area contributed by atoms with Gasteiger partial charge in [-0.3, -0.25) is 19.3 Å². The number of benzene rings is 2. The first-order valence-corrected chi connectivity index (χ1v) is 9.27. The molecule has 3 rings (SSSR count). The molecule has 0 aromatic heterocycles. The maximum absolute atomic E-state index is 12.6. The van der Waals surface area contributed by atoms with E-state index in [1.54, 1.807) is 23.1 Å². The predicted octanol–water partition coefficient (Wildman–Crippen LogP) is 1.78. The number of hydrogen-bond donors (Lipinski definition) is 2. The average Bonchev–Trinajstić information content (AvgIpc) is 2.72. The van der Waals surface area contributed by atoms with Crippen molar-refractivity contribution in [2.24, 2.45) is 0 Å². The molecule has 2 aromatic carbocycles. The molecule has 0 saturated carbocycles. The topological polar surface area (TPSA) is 97.0 Å². The molecule has 1 aliphatic heterocycles. The number of methoxy groups -OCH3 is 1. The Hall–Kier alpha value is -3.39. The second-order valence-corrected chi connectivity index (χ2v) is 6.52. The van der Waals surface area contributed by atoms with Gasteiger partial charge in [0, 0.05) is 13.1 Å². The zero-order chi connectivity index (χ0) is 20.6. The van der Waals surface area contributed by atoms with E-state index >= 15 is 0 Å². The van der Waals surface area contributed by atoms with Gasteiger partial charge >= 0.3 is 5.97 Å². The Bertz CT molecular complexity index is 872. The summed E-state index contributed by atoms with van der Waals surface area (Å²) in [5.74, 6) is 0.0644. The molecule has 1 atom stereocenters. The summed E-state index contributed by atoms with van der Waals surface area (Å²) in [4.78, 5) is 38.1. The van der Waals surface area contributed by atoms with E-state index in [0.717, 1.165) is 0 Å². The van der Waals surface area contributed by atoms with Gasteiger partial charge in [0.15, 0.2) is 5.75 Å². The van der Waals surface area contributed by atoms with E-state index in [1.807, 2.05) is 36.4 Å². The Morgan fingerprint density at radius 1 is 1.14 bits per heavy atom. The van der Waals surface area contributed by atoms with Gasteiger partial charge in [-0.15, -0.1) is 0 Å². The summed E-state index contributed by atoms with van der Waals surface area (Å²) in [7, 11) is 1.27. The molecule has 1 aliphatic rings. The highest BCUT2D eigenvalue weighted by Crippen LogP contribution is 2.29. The van der Waals surface area contributed by atoms with Crippen molar-refractivity contribution in [2.75, 3.05) is 32.1 Å². The van der Waals surface area contributed by atoms with Crippen LogP contribution in [0.1, 0.15) is 6.42 Å². The maximum atomic E-state index is 12.6. The molecule has 8 nitrogen and oxygen atoms in total. The van der Waals surface area contributed by atoms with Crippen LogP contribution in [0.15, 0.2) is 54.6 Å². The standard InChI is InChI=1S/C21H23N3O5/c1-28-20(26)13-17-21(27)22-11-12-24(17)14-19(25)23-16-9-5-6-10-18(16)29-15-7-3-2-4-8-15/h2-10,17H,11-14H2,1H3,(H,22,27)(H,23,25)/t17-/m1/s1. The van der Waals surface area contributed by atoms with Crippen molar-refractivity contribution >= 4 is 23.5 Å². The van der Waals surface area contributed by atoms with Crippen molar-refractivity contribution in [1.29, 1.82) is 0 Å². The fourth-order valence-electron chi connectivity index (χ4n) is 3.06. The lowest BCUT2D eigenvalue weighted by atomic mass is 10.1. The summed E-state index contributed by atoms with van der Waals surface area (Å²) in [6.45, 7) is 0.842. The SMILES string of the molecule is COC(=O)C[C@@H]1C(=O)NCCN1CC(=O)Nc1ccccc1Oc1ccccc1. The Balaban J connectivity index is 1.67. The molecule has 2 amide bonds. The van der Waals surface area contributed by atoms with Gasteiger partial charge in [0.05, 0.1) is 25.8 Å². The van der Waals surface area contributed by atoms with Crippen LogP contribution in [0.5, 0.6) is 11.5 Å². The number of anilines is 1. The number of amides is 2. The summed E-state index contributed by atoms with van der Waals surface area (Å²) >= 11 is 0. The van der Waals surface area contributed by atoms with Gasteiger partial charge in [0.2, 0.25) is 11.8 Å². The minimum Gasteiger partial charge on any atom is -0.469 e. The first kappa shape index (κ1) is 20.3. The summed E-state index contributed by atoms with van der Waals surface area (Å²) in [6, 6.07) is 15.6. The van der Waals surface area contributed by atoms with E-state index in [4.69, 9.17) is 4.74 Å². The third-order valence-electron chi connectivity index (χ3n) is 4.51. The fraction of sp³-hybridized carbons (Fsp3) is 0.286. The van der Waals surface area contributed by atoms with E-state index in [1.165, 1.54) is 7.11 Å². The largest absolute Gasteiger partial charge is 0.469 e. The lowest BCUT2D eigenvalue weighted by molar-refractivity contribution is -0.146. The zero-order valence-corrected chi connectivity index (χ0v) is 16.1. The van der Waals surface area contributed by atoms with Crippen molar-refractivity contribution in [3.63, 3.8) is 0 Å². The van der Waals surface area contributed by atoms with Crippen LogP contribution in [0.25, 0.3) is 0 Å². The molecule has 0 radical (unpaired) electrons. The third-order valence-corrected chi connectivity index (χ3v) is 4.51. The number of ether oxygens (including phenoxy) is 2. The summed E-state index contributed by atoms with van der Waals surface area (Å²) in [6.07, 6.45) is -0.108. The lowest BCUT2D eigenvalue weighted by Gasteiger charge is -2.33. The van der Waals surface area contributed by atoms with E-state index in [0.29, 0.717) is 30.3 Å². The van der Waals surface area contributed by atoms with Gasteiger partial charge in [-0.2, -0.15) is 0 Å². The van der Waals surface area contributed by atoms with Gasteiger partial charge in [0.1, 0.15) is 11.8 Å². The number of rotatable bonds is 7. The van der Waals surface area contributed by atoms with Gasteiger partial charge in [0.25, 0.3) is 0 Å². The lowest BCUT2D eigenvalue weighted by Crippen LogP contribution is -2.57. The number of piperazine rings is 1. The van der Waals surface area contributed by atoms with Crippen LogP contribution in [0.3, 0.4) is 0 Å². The van der Waals surface area contributed by atoms with Gasteiger partial charge in [-0.05, 0) is 24.3 Å². The molecular weight excluding hydrogens is 374 g/mol. The summed E-state index contributed by atoms with van der Waals surface area (Å²) < 4.78 is 10.5. The third kappa shape index (κ3) is 5.55. The molecule has 2 aromatic rings. The Labute approximate surface area is 168 Å². The molecule has 1 saturated heterocycles. The first-order valence-electron chi connectivity index (χ1n) is 9.27. The smallest absolute Gasteiger partial charge is 0.307 e. The van der Waals surface area contributed by atoms with Crippen molar-refractivity contribution in [3.05, 3.63) is 54.6 Å². The monoisotopic (exact) mass is 397 g/mol. The minimum absolute atomic E-state index is 0.0330. The van der Waals surface area contributed by atoms with Crippen LogP contribution in [0.2, 0.25) is 0 Å². The first-order chi connectivity index (χ1) is 14.1. The number of nitrogens with zero attached hydrogens (tertiary/aromatic N) is 1. The molecule has 1 fully saturated rings. The number of esters is 1. The number of carbonyl (C=O) groups excluding carboxylic acids is 3. The van der Waals surface area contributed by atoms with Crippen molar-refractivity contribution in [2.45, 2.75) is 12.5 Å². The van der Waals surface area contributed by atoms with Crippen LogP contribution in [0, 0.1) is 0 Å². The van der Waals surface area contributed by atoms with Crippen molar-refractivity contribution < 1.29 is 23.9 Å². The van der Waals surface area contributed by atoms with Crippen LogP contribution >= 0.6 is 0 Å². The number of carbonyl (C=O) groups is 3. The average molecular weight is 397 g/mol. The predicted molar refractivity (Wildman–Crippen MR) is 107 cm³/mol. The van der Waals surface area contributed by atoms with Crippen LogP contribution in [0.4, 0.5) is 5.69 Å². The van der Waals surface area contributed by atoms with E-state index in [9.17, 15) is 14.4 Å². The van der Waals surface area contributed by atoms with Crippen molar-refractivity contribution in [1.82, 2.24) is 10.2 Å². The molecule has 0 spiro atoms. The summed E-state index contributed by atoms with van der Waals surface area (Å²) in [5, 5.41) is 5.54.